The van der Waals surface area contributed by atoms with E-state index in [1.807, 2.05) is 31.2 Å². The molecule has 1 N–H and O–H groups in total. The number of carbonyl (C=O) groups excluding carboxylic acids is 1. The van der Waals surface area contributed by atoms with E-state index in [9.17, 15) is 4.79 Å². The van der Waals surface area contributed by atoms with Gasteiger partial charge in [-0.2, -0.15) is 5.10 Å². The van der Waals surface area contributed by atoms with Gasteiger partial charge in [-0.1, -0.05) is 6.07 Å². The Bertz CT molecular complexity index is 758. The van der Waals surface area contributed by atoms with Crippen LogP contribution in [0.1, 0.15) is 19.9 Å². The van der Waals surface area contributed by atoms with E-state index in [-0.39, 0.29) is 11.9 Å². The van der Waals surface area contributed by atoms with Gasteiger partial charge in [0.1, 0.15) is 6.04 Å². The predicted molar refractivity (Wildman–Crippen MR) is 83.2 cm³/mol. The first-order chi connectivity index (χ1) is 10.2. The SMILES string of the molecule is CCn1ccc2ccc(NC(=O)[C@@H](C)n3cccn3)cc21. The molecule has 2 aromatic heterocycles. The van der Waals surface area contributed by atoms with Gasteiger partial charge in [0, 0.05) is 30.8 Å². The summed E-state index contributed by atoms with van der Waals surface area (Å²) >= 11 is 0. The number of amides is 1. The maximum absolute atomic E-state index is 12.3. The molecular formula is C16H18N4O. The summed E-state index contributed by atoms with van der Waals surface area (Å²) in [5.41, 5.74) is 1.93. The van der Waals surface area contributed by atoms with Crippen LogP contribution in [0.5, 0.6) is 0 Å². The van der Waals surface area contributed by atoms with Crippen molar-refractivity contribution in [2.75, 3.05) is 5.32 Å². The quantitative estimate of drug-likeness (QED) is 0.799. The van der Waals surface area contributed by atoms with Crippen molar-refractivity contribution in [3.63, 3.8) is 0 Å². The van der Waals surface area contributed by atoms with Crippen molar-refractivity contribution in [3.05, 3.63) is 48.9 Å². The molecule has 0 radical (unpaired) electrons. The van der Waals surface area contributed by atoms with Crippen LogP contribution in [0.4, 0.5) is 5.69 Å². The van der Waals surface area contributed by atoms with Crippen LogP contribution >= 0.6 is 0 Å². The van der Waals surface area contributed by atoms with Crippen molar-refractivity contribution in [1.29, 1.82) is 0 Å². The summed E-state index contributed by atoms with van der Waals surface area (Å²) in [6.45, 7) is 4.84. The summed E-state index contributed by atoms with van der Waals surface area (Å²) in [5.74, 6) is -0.0762. The monoisotopic (exact) mass is 282 g/mol. The van der Waals surface area contributed by atoms with Gasteiger partial charge >= 0.3 is 0 Å². The zero-order valence-electron chi connectivity index (χ0n) is 12.2. The zero-order chi connectivity index (χ0) is 14.8. The Kier molecular flexibility index (Phi) is 3.48. The summed E-state index contributed by atoms with van der Waals surface area (Å²) in [6, 6.07) is 9.51. The van der Waals surface area contributed by atoms with Crippen LogP contribution in [0.2, 0.25) is 0 Å². The Morgan fingerprint density at radius 2 is 2.19 bits per heavy atom. The maximum Gasteiger partial charge on any atom is 0.248 e. The molecule has 0 spiro atoms. The van der Waals surface area contributed by atoms with E-state index in [1.165, 1.54) is 5.39 Å². The topological polar surface area (TPSA) is 51.9 Å². The van der Waals surface area contributed by atoms with Crippen molar-refractivity contribution >= 4 is 22.5 Å². The van der Waals surface area contributed by atoms with Gasteiger partial charge in [0.25, 0.3) is 0 Å². The fourth-order valence-electron chi connectivity index (χ4n) is 2.41. The molecule has 0 saturated heterocycles. The number of nitrogens with one attached hydrogen (secondary N) is 1. The Morgan fingerprint density at radius 3 is 2.90 bits per heavy atom. The third-order valence-corrected chi connectivity index (χ3v) is 3.68. The number of aryl methyl sites for hydroxylation is 1. The van der Waals surface area contributed by atoms with Gasteiger partial charge in [0.2, 0.25) is 5.91 Å². The van der Waals surface area contributed by atoms with Crippen molar-refractivity contribution in [2.45, 2.75) is 26.4 Å². The minimum Gasteiger partial charge on any atom is -0.348 e. The van der Waals surface area contributed by atoms with Crippen molar-refractivity contribution < 1.29 is 4.79 Å². The highest BCUT2D eigenvalue weighted by molar-refractivity contribution is 5.95. The smallest absolute Gasteiger partial charge is 0.248 e. The van der Waals surface area contributed by atoms with Gasteiger partial charge in [0.15, 0.2) is 0 Å². The van der Waals surface area contributed by atoms with E-state index in [1.54, 1.807) is 17.1 Å². The number of anilines is 1. The van der Waals surface area contributed by atoms with Crippen LogP contribution in [-0.4, -0.2) is 20.3 Å². The van der Waals surface area contributed by atoms with Gasteiger partial charge in [-0.3, -0.25) is 9.48 Å². The van der Waals surface area contributed by atoms with E-state index in [2.05, 4.69) is 34.2 Å². The second kappa shape index (κ2) is 5.44. The number of aromatic nitrogens is 3. The molecule has 108 valence electrons. The molecule has 1 amide bonds. The molecule has 3 rings (SSSR count). The van der Waals surface area contributed by atoms with Crippen LogP contribution < -0.4 is 5.32 Å². The number of hydrogen-bond acceptors (Lipinski definition) is 2. The third-order valence-electron chi connectivity index (χ3n) is 3.68. The summed E-state index contributed by atoms with van der Waals surface area (Å²) in [6.07, 6.45) is 5.52. The van der Waals surface area contributed by atoms with E-state index in [0.29, 0.717) is 0 Å². The summed E-state index contributed by atoms with van der Waals surface area (Å²) < 4.78 is 3.80. The lowest BCUT2D eigenvalue weighted by Gasteiger charge is -2.13. The number of fused-ring (bicyclic) bond motifs is 1. The molecule has 1 atom stereocenters. The first kappa shape index (κ1) is 13.4. The number of hydrogen-bond donors (Lipinski definition) is 1. The zero-order valence-corrected chi connectivity index (χ0v) is 12.2. The average Bonchev–Trinajstić information content (AvgIpc) is 3.15. The van der Waals surface area contributed by atoms with E-state index in [4.69, 9.17) is 0 Å². The van der Waals surface area contributed by atoms with Crippen LogP contribution in [0, 0.1) is 0 Å². The molecule has 3 aromatic rings. The molecule has 0 aliphatic carbocycles. The Labute approximate surface area is 123 Å². The third kappa shape index (κ3) is 2.54. The first-order valence-electron chi connectivity index (χ1n) is 7.08. The standard InChI is InChI=1S/C16H18N4O/c1-3-19-10-7-13-5-6-14(11-15(13)19)18-16(21)12(2)20-9-4-8-17-20/h4-12H,3H2,1-2H3,(H,18,21)/t12-/m1/s1. The molecule has 0 aliphatic rings. The van der Waals surface area contributed by atoms with E-state index in [0.717, 1.165) is 17.7 Å². The predicted octanol–water partition coefficient (Wildman–Crippen LogP) is 3.06. The molecule has 0 unspecified atom stereocenters. The lowest BCUT2D eigenvalue weighted by Crippen LogP contribution is -2.23. The fourth-order valence-corrected chi connectivity index (χ4v) is 2.41. The van der Waals surface area contributed by atoms with Crippen LogP contribution in [0.15, 0.2) is 48.9 Å². The molecule has 21 heavy (non-hydrogen) atoms. The Morgan fingerprint density at radius 1 is 1.33 bits per heavy atom. The van der Waals surface area contributed by atoms with Gasteiger partial charge < -0.3 is 9.88 Å². The highest BCUT2D eigenvalue weighted by atomic mass is 16.2. The van der Waals surface area contributed by atoms with Gasteiger partial charge in [0.05, 0.1) is 5.52 Å². The Balaban J connectivity index is 1.82. The summed E-state index contributed by atoms with van der Waals surface area (Å²) in [5, 5.41) is 8.23. The number of rotatable bonds is 4. The molecule has 0 aliphatic heterocycles. The second-order valence-corrected chi connectivity index (χ2v) is 5.03. The molecular weight excluding hydrogens is 264 g/mol. The molecule has 5 heteroatoms. The van der Waals surface area contributed by atoms with Crippen LogP contribution in [-0.2, 0) is 11.3 Å². The minimum atomic E-state index is -0.339. The normalized spacial score (nSPS) is 12.5. The molecule has 0 saturated carbocycles. The van der Waals surface area contributed by atoms with Gasteiger partial charge in [-0.05, 0) is 43.5 Å². The highest BCUT2D eigenvalue weighted by Crippen LogP contribution is 2.21. The van der Waals surface area contributed by atoms with Gasteiger partial charge in [-0.25, -0.2) is 0 Å². The largest absolute Gasteiger partial charge is 0.348 e. The maximum atomic E-state index is 12.3. The van der Waals surface area contributed by atoms with Crippen LogP contribution in [0.25, 0.3) is 10.9 Å². The van der Waals surface area contributed by atoms with E-state index < -0.39 is 0 Å². The number of benzene rings is 1. The molecule has 5 nitrogen and oxygen atoms in total. The molecule has 2 heterocycles. The highest BCUT2D eigenvalue weighted by Gasteiger charge is 2.15. The molecule has 0 fully saturated rings. The fraction of sp³-hybridized carbons (Fsp3) is 0.250. The number of nitrogens with zero attached hydrogens (tertiary/aromatic N) is 3. The van der Waals surface area contributed by atoms with Crippen molar-refractivity contribution in [2.24, 2.45) is 0 Å². The second-order valence-electron chi connectivity index (χ2n) is 5.03. The average molecular weight is 282 g/mol. The van der Waals surface area contributed by atoms with E-state index >= 15 is 0 Å². The summed E-state index contributed by atoms with van der Waals surface area (Å²) in [4.78, 5) is 12.3. The molecule has 1 aromatic carbocycles. The van der Waals surface area contributed by atoms with Gasteiger partial charge in [-0.15, -0.1) is 0 Å². The van der Waals surface area contributed by atoms with Crippen molar-refractivity contribution in [3.8, 4) is 0 Å². The van der Waals surface area contributed by atoms with Crippen molar-refractivity contribution in [1.82, 2.24) is 14.3 Å². The summed E-state index contributed by atoms with van der Waals surface area (Å²) in [7, 11) is 0. The molecule has 0 bridgehead atoms. The lowest BCUT2D eigenvalue weighted by molar-refractivity contribution is -0.119. The van der Waals surface area contributed by atoms with Crippen LogP contribution in [0.3, 0.4) is 0 Å². The Hall–Kier alpha value is -2.56. The first-order valence-corrected chi connectivity index (χ1v) is 7.08. The lowest BCUT2D eigenvalue weighted by atomic mass is 10.2. The minimum absolute atomic E-state index is 0.0762. The number of carbonyl (C=O) groups is 1.